The lowest BCUT2D eigenvalue weighted by Crippen LogP contribution is -2.37. The standard InChI is InChI=1S/C22H23NO4/c1-16-8-9-19(14-20(16)26-2)22(25)27-15-21(24)23-12-10-18(11-13-23)17-6-4-3-5-7-17/h3-10,14H,11-13,15H2,1-2H3. The van der Waals surface area contributed by atoms with Crippen molar-refractivity contribution in [2.75, 3.05) is 26.8 Å². The van der Waals surface area contributed by atoms with Crippen molar-refractivity contribution in [3.63, 3.8) is 0 Å². The SMILES string of the molecule is COc1cc(C(=O)OCC(=O)N2CC=C(c3ccccc3)CC2)ccc1C. The van der Waals surface area contributed by atoms with Crippen LogP contribution in [-0.4, -0.2) is 43.6 Å². The summed E-state index contributed by atoms with van der Waals surface area (Å²) < 4.78 is 10.4. The zero-order chi connectivity index (χ0) is 19.2. The Bertz CT molecular complexity index is 858. The number of amides is 1. The number of carbonyl (C=O) groups is 2. The molecule has 0 aromatic heterocycles. The highest BCUT2D eigenvalue weighted by Crippen LogP contribution is 2.22. The first-order valence-corrected chi connectivity index (χ1v) is 8.92. The zero-order valence-corrected chi connectivity index (χ0v) is 15.6. The Morgan fingerprint density at radius 3 is 2.56 bits per heavy atom. The molecular formula is C22H23NO4. The molecule has 0 unspecified atom stereocenters. The maximum Gasteiger partial charge on any atom is 0.338 e. The number of ether oxygens (including phenoxy) is 2. The number of esters is 1. The largest absolute Gasteiger partial charge is 0.496 e. The molecule has 1 heterocycles. The Balaban J connectivity index is 1.54. The molecule has 0 radical (unpaired) electrons. The Morgan fingerprint density at radius 1 is 1.11 bits per heavy atom. The molecule has 2 aromatic rings. The molecule has 2 aromatic carbocycles. The van der Waals surface area contributed by atoms with E-state index in [-0.39, 0.29) is 12.5 Å². The molecule has 0 bridgehead atoms. The second kappa shape index (κ2) is 8.54. The summed E-state index contributed by atoms with van der Waals surface area (Å²) in [5.74, 6) is -0.102. The van der Waals surface area contributed by atoms with Crippen LogP contribution >= 0.6 is 0 Å². The molecule has 5 heteroatoms. The van der Waals surface area contributed by atoms with Gasteiger partial charge >= 0.3 is 5.97 Å². The van der Waals surface area contributed by atoms with Gasteiger partial charge in [-0.1, -0.05) is 42.5 Å². The molecule has 0 saturated heterocycles. The molecule has 0 aliphatic carbocycles. The van der Waals surface area contributed by atoms with Gasteiger partial charge in [-0.2, -0.15) is 0 Å². The minimum Gasteiger partial charge on any atom is -0.496 e. The van der Waals surface area contributed by atoms with E-state index in [1.165, 1.54) is 11.1 Å². The van der Waals surface area contributed by atoms with Gasteiger partial charge in [0.25, 0.3) is 5.91 Å². The van der Waals surface area contributed by atoms with E-state index >= 15 is 0 Å². The van der Waals surface area contributed by atoms with Gasteiger partial charge in [0.2, 0.25) is 0 Å². The lowest BCUT2D eigenvalue weighted by Gasteiger charge is -2.26. The first-order valence-electron chi connectivity index (χ1n) is 8.92. The van der Waals surface area contributed by atoms with Crippen LogP contribution in [0.1, 0.15) is 27.9 Å². The number of aryl methyl sites for hydroxylation is 1. The fraction of sp³-hybridized carbons (Fsp3) is 0.273. The molecule has 0 N–H and O–H groups in total. The van der Waals surface area contributed by atoms with Crippen LogP contribution in [0.25, 0.3) is 5.57 Å². The Labute approximate surface area is 159 Å². The fourth-order valence-electron chi connectivity index (χ4n) is 3.06. The smallest absolute Gasteiger partial charge is 0.338 e. The van der Waals surface area contributed by atoms with Crippen LogP contribution in [0.4, 0.5) is 0 Å². The molecule has 140 valence electrons. The van der Waals surface area contributed by atoms with E-state index in [0.717, 1.165) is 12.0 Å². The third-order valence-corrected chi connectivity index (χ3v) is 4.68. The molecule has 3 rings (SSSR count). The summed E-state index contributed by atoms with van der Waals surface area (Å²) in [6.45, 7) is 2.78. The molecule has 0 spiro atoms. The summed E-state index contributed by atoms with van der Waals surface area (Å²) >= 11 is 0. The monoisotopic (exact) mass is 365 g/mol. The molecule has 0 fully saturated rings. The lowest BCUT2D eigenvalue weighted by atomic mass is 10.00. The molecule has 1 aliphatic heterocycles. The van der Waals surface area contributed by atoms with E-state index in [1.807, 2.05) is 25.1 Å². The Morgan fingerprint density at radius 2 is 1.89 bits per heavy atom. The minimum absolute atomic E-state index is 0.189. The number of rotatable bonds is 5. The van der Waals surface area contributed by atoms with Crippen molar-refractivity contribution in [2.24, 2.45) is 0 Å². The van der Waals surface area contributed by atoms with Crippen molar-refractivity contribution in [3.8, 4) is 5.75 Å². The van der Waals surface area contributed by atoms with Crippen molar-refractivity contribution >= 4 is 17.4 Å². The maximum atomic E-state index is 12.3. The van der Waals surface area contributed by atoms with Crippen LogP contribution in [0.15, 0.2) is 54.6 Å². The second-order valence-corrected chi connectivity index (χ2v) is 6.45. The van der Waals surface area contributed by atoms with E-state index in [4.69, 9.17) is 9.47 Å². The lowest BCUT2D eigenvalue weighted by molar-refractivity contribution is -0.134. The van der Waals surface area contributed by atoms with E-state index < -0.39 is 5.97 Å². The van der Waals surface area contributed by atoms with Crippen molar-refractivity contribution in [1.82, 2.24) is 4.90 Å². The van der Waals surface area contributed by atoms with Gasteiger partial charge in [0.05, 0.1) is 12.7 Å². The third kappa shape index (κ3) is 4.56. The van der Waals surface area contributed by atoms with E-state index in [0.29, 0.717) is 24.4 Å². The van der Waals surface area contributed by atoms with Gasteiger partial charge in [-0.15, -0.1) is 0 Å². The molecule has 5 nitrogen and oxygen atoms in total. The van der Waals surface area contributed by atoms with Crippen molar-refractivity contribution in [1.29, 1.82) is 0 Å². The highest BCUT2D eigenvalue weighted by Gasteiger charge is 2.20. The van der Waals surface area contributed by atoms with E-state index in [1.54, 1.807) is 30.2 Å². The van der Waals surface area contributed by atoms with Crippen LogP contribution in [0.5, 0.6) is 5.75 Å². The van der Waals surface area contributed by atoms with Crippen LogP contribution in [0, 0.1) is 6.92 Å². The van der Waals surface area contributed by atoms with Crippen molar-refractivity contribution < 1.29 is 19.1 Å². The topological polar surface area (TPSA) is 55.8 Å². The number of carbonyl (C=O) groups excluding carboxylic acids is 2. The van der Waals surface area contributed by atoms with E-state index in [9.17, 15) is 9.59 Å². The summed E-state index contributed by atoms with van der Waals surface area (Å²) in [4.78, 5) is 26.2. The van der Waals surface area contributed by atoms with E-state index in [2.05, 4.69) is 18.2 Å². The minimum atomic E-state index is -0.529. The molecular weight excluding hydrogens is 342 g/mol. The molecule has 1 aliphatic rings. The quantitative estimate of drug-likeness (QED) is 0.762. The van der Waals surface area contributed by atoms with Crippen LogP contribution in [0.2, 0.25) is 0 Å². The van der Waals surface area contributed by atoms with Gasteiger partial charge in [-0.25, -0.2) is 4.79 Å². The zero-order valence-electron chi connectivity index (χ0n) is 15.6. The van der Waals surface area contributed by atoms with Gasteiger partial charge in [0.15, 0.2) is 6.61 Å². The molecule has 1 amide bonds. The normalized spacial score (nSPS) is 13.7. The fourth-order valence-corrected chi connectivity index (χ4v) is 3.06. The van der Waals surface area contributed by atoms with Crippen LogP contribution < -0.4 is 4.74 Å². The summed E-state index contributed by atoms with van der Waals surface area (Å²) in [6, 6.07) is 15.2. The van der Waals surface area contributed by atoms with Crippen molar-refractivity contribution in [2.45, 2.75) is 13.3 Å². The summed E-state index contributed by atoms with van der Waals surface area (Å²) in [5.41, 5.74) is 3.72. The van der Waals surface area contributed by atoms with Gasteiger partial charge in [-0.05, 0) is 42.2 Å². The van der Waals surface area contributed by atoms with Crippen LogP contribution in [-0.2, 0) is 9.53 Å². The van der Waals surface area contributed by atoms with Crippen molar-refractivity contribution in [3.05, 3.63) is 71.3 Å². The number of benzene rings is 2. The predicted octanol–water partition coefficient (Wildman–Crippen LogP) is 3.48. The first-order chi connectivity index (χ1) is 13.1. The average Bonchev–Trinajstić information content (AvgIpc) is 2.73. The summed E-state index contributed by atoms with van der Waals surface area (Å²) in [5, 5.41) is 0. The van der Waals surface area contributed by atoms with Gasteiger partial charge in [0, 0.05) is 13.1 Å². The Hall–Kier alpha value is -3.08. The summed E-state index contributed by atoms with van der Waals surface area (Å²) in [6.07, 6.45) is 2.85. The molecule has 0 atom stereocenters. The predicted molar refractivity (Wildman–Crippen MR) is 104 cm³/mol. The third-order valence-electron chi connectivity index (χ3n) is 4.68. The highest BCUT2D eigenvalue weighted by molar-refractivity contribution is 5.92. The molecule has 27 heavy (non-hydrogen) atoms. The maximum absolute atomic E-state index is 12.3. The summed E-state index contributed by atoms with van der Waals surface area (Å²) in [7, 11) is 1.55. The number of methoxy groups -OCH3 is 1. The van der Waals surface area contributed by atoms with Gasteiger partial charge < -0.3 is 14.4 Å². The highest BCUT2D eigenvalue weighted by atomic mass is 16.5. The number of nitrogens with zero attached hydrogens (tertiary/aromatic N) is 1. The number of hydrogen-bond acceptors (Lipinski definition) is 4. The first kappa shape index (κ1) is 18.7. The Kier molecular flexibility index (Phi) is 5.91. The second-order valence-electron chi connectivity index (χ2n) is 6.45. The van der Waals surface area contributed by atoms with Crippen LogP contribution in [0.3, 0.4) is 0 Å². The number of hydrogen-bond donors (Lipinski definition) is 0. The van der Waals surface area contributed by atoms with Gasteiger partial charge in [0.1, 0.15) is 5.75 Å². The van der Waals surface area contributed by atoms with Gasteiger partial charge in [-0.3, -0.25) is 4.79 Å². The average molecular weight is 365 g/mol. The molecule has 0 saturated carbocycles.